The Hall–Kier alpha value is -1.67. The molecular weight excluding hydrogens is 232 g/mol. The van der Waals surface area contributed by atoms with Gasteiger partial charge in [-0.15, -0.1) is 0 Å². The van der Waals surface area contributed by atoms with Gasteiger partial charge < -0.3 is 0 Å². The summed E-state index contributed by atoms with van der Waals surface area (Å²) in [4.78, 5) is 6.79. The van der Waals surface area contributed by atoms with E-state index in [0.29, 0.717) is 6.04 Å². The summed E-state index contributed by atoms with van der Waals surface area (Å²) in [6, 6.07) is 13.4. The highest BCUT2D eigenvalue weighted by molar-refractivity contribution is 5.33. The quantitative estimate of drug-likeness (QED) is 0.832. The fourth-order valence-electron chi connectivity index (χ4n) is 3.02. The minimum Gasteiger partial charge on any atom is -0.299 e. The summed E-state index contributed by atoms with van der Waals surface area (Å²) in [5.41, 5.74) is 4.20. The summed E-state index contributed by atoms with van der Waals surface area (Å²) in [6.07, 6.45) is 7.52. The summed E-state index contributed by atoms with van der Waals surface area (Å²) < 4.78 is 0. The van der Waals surface area contributed by atoms with Crippen LogP contribution in [0.3, 0.4) is 0 Å². The molecule has 2 heterocycles. The number of hydrogen-bond donors (Lipinski definition) is 0. The Morgan fingerprint density at radius 3 is 2.79 bits per heavy atom. The lowest BCUT2D eigenvalue weighted by Crippen LogP contribution is -2.19. The fraction of sp³-hybridized carbons (Fsp3) is 0.353. The lowest BCUT2D eigenvalue weighted by Gasteiger charge is -2.22. The van der Waals surface area contributed by atoms with Crippen molar-refractivity contribution >= 4 is 0 Å². The first kappa shape index (κ1) is 12.4. The molecule has 0 N–H and O–H groups in total. The first-order chi connectivity index (χ1) is 9.34. The van der Waals surface area contributed by atoms with Crippen molar-refractivity contribution in [1.29, 1.82) is 0 Å². The Labute approximate surface area is 115 Å². The maximum Gasteiger partial charge on any atom is 0.0363 e. The van der Waals surface area contributed by atoms with Gasteiger partial charge in [-0.05, 0) is 55.6 Å². The van der Waals surface area contributed by atoms with Crippen LogP contribution >= 0.6 is 0 Å². The molecule has 1 aromatic carbocycles. The van der Waals surface area contributed by atoms with Crippen LogP contribution in [-0.4, -0.2) is 23.5 Å². The second-order valence-corrected chi connectivity index (χ2v) is 5.38. The maximum atomic E-state index is 4.34. The smallest absolute Gasteiger partial charge is 0.0363 e. The van der Waals surface area contributed by atoms with Gasteiger partial charge in [-0.2, -0.15) is 0 Å². The van der Waals surface area contributed by atoms with Gasteiger partial charge in [-0.25, -0.2) is 0 Å². The highest BCUT2D eigenvalue weighted by Gasteiger charge is 2.24. The zero-order chi connectivity index (χ0) is 13.1. The molecule has 3 rings (SSSR count). The van der Waals surface area contributed by atoms with E-state index in [-0.39, 0.29) is 0 Å². The molecule has 0 radical (unpaired) electrons. The summed E-state index contributed by atoms with van der Waals surface area (Å²) in [5, 5.41) is 0. The second-order valence-electron chi connectivity index (χ2n) is 5.38. The molecule has 1 saturated heterocycles. The number of aromatic nitrogens is 1. The number of nitrogens with zero attached hydrogens (tertiary/aromatic N) is 2. The van der Waals surface area contributed by atoms with Gasteiger partial charge in [-0.1, -0.05) is 30.3 Å². The molecule has 0 spiro atoms. The van der Waals surface area contributed by atoms with Gasteiger partial charge in [0.15, 0.2) is 0 Å². The van der Waals surface area contributed by atoms with E-state index >= 15 is 0 Å². The lowest BCUT2D eigenvalue weighted by atomic mass is 9.96. The minimum atomic E-state index is 0.549. The van der Waals surface area contributed by atoms with E-state index in [9.17, 15) is 0 Å². The average molecular weight is 252 g/mol. The zero-order valence-corrected chi connectivity index (χ0v) is 11.4. The molecule has 1 aliphatic heterocycles. The van der Waals surface area contributed by atoms with Gasteiger partial charge in [0.2, 0.25) is 0 Å². The molecule has 1 unspecified atom stereocenters. The maximum absolute atomic E-state index is 4.34. The van der Waals surface area contributed by atoms with Gasteiger partial charge in [-0.3, -0.25) is 9.88 Å². The molecule has 1 atom stereocenters. The molecule has 2 nitrogen and oxygen atoms in total. The molecule has 1 fully saturated rings. The van der Waals surface area contributed by atoms with Crippen molar-refractivity contribution in [3.05, 3.63) is 65.5 Å². The third-order valence-electron chi connectivity index (χ3n) is 4.06. The molecular formula is C17H20N2. The molecule has 19 heavy (non-hydrogen) atoms. The van der Waals surface area contributed by atoms with Crippen LogP contribution in [0.2, 0.25) is 0 Å². The van der Waals surface area contributed by atoms with Crippen molar-refractivity contribution in [2.45, 2.75) is 25.3 Å². The standard InChI is InChI=1S/C17H20N2/c1-19-11-5-8-17(19)16-13-18-10-9-15(16)12-14-6-3-2-4-7-14/h2-4,6-7,9-10,13,17H,5,8,11-12H2,1H3. The van der Waals surface area contributed by atoms with Crippen LogP contribution in [0.15, 0.2) is 48.8 Å². The Kier molecular flexibility index (Phi) is 3.60. The summed E-state index contributed by atoms with van der Waals surface area (Å²) in [6.45, 7) is 1.20. The van der Waals surface area contributed by atoms with Crippen LogP contribution in [-0.2, 0) is 6.42 Å². The Bertz CT molecular complexity index is 536. The SMILES string of the molecule is CN1CCCC1c1cnccc1Cc1ccccc1. The number of likely N-dealkylation sites (tertiary alicyclic amines) is 1. The van der Waals surface area contributed by atoms with E-state index in [0.717, 1.165) is 6.42 Å². The number of hydrogen-bond acceptors (Lipinski definition) is 2. The molecule has 0 aliphatic carbocycles. The van der Waals surface area contributed by atoms with Crippen LogP contribution < -0.4 is 0 Å². The van der Waals surface area contributed by atoms with Gasteiger partial charge in [0, 0.05) is 18.4 Å². The molecule has 0 saturated carbocycles. The van der Waals surface area contributed by atoms with Crippen molar-refractivity contribution < 1.29 is 0 Å². The van der Waals surface area contributed by atoms with E-state index < -0.39 is 0 Å². The third-order valence-corrected chi connectivity index (χ3v) is 4.06. The summed E-state index contributed by atoms with van der Waals surface area (Å²) in [7, 11) is 2.22. The number of rotatable bonds is 3. The molecule has 98 valence electrons. The lowest BCUT2D eigenvalue weighted by molar-refractivity contribution is 0.315. The summed E-state index contributed by atoms with van der Waals surface area (Å²) >= 11 is 0. The Morgan fingerprint density at radius 2 is 2.05 bits per heavy atom. The topological polar surface area (TPSA) is 16.1 Å². The Balaban J connectivity index is 1.89. The zero-order valence-electron chi connectivity index (χ0n) is 11.4. The van der Waals surface area contributed by atoms with Gasteiger partial charge in [0.25, 0.3) is 0 Å². The van der Waals surface area contributed by atoms with Crippen molar-refractivity contribution in [3.8, 4) is 0 Å². The minimum absolute atomic E-state index is 0.549. The predicted molar refractivity (Wildman–Crippen MR) is 78.1 cm³/mol. The van der Waals surface area contributed by atoms with Crippen molar-refractivity contribution in [2.75, 3.05) is 13.6 Å². The van der Waals surface area contributed by atoms with Gasteiger partial charge >= 0.3 is 0 Å². The first-order valence-corrected chi connectivity index (χ1v) is 7.01. The van der Waals surface area contributed by atoms with Gasteiger partial charge in [0.1, 0.15) is 0 Å². The van der Waals surface area contributed by atoms with Crippen LogP contribution in [0.4, 0.5) is 0 Å². The normalized spacial score (nSPS) is 19.7. The Morgan fingerprint density at radius 1 is 1.21 bits per heavy atom. The van der Waals surface area contributed by atoms with Crippen molar-refractivity contribution in [3.63, 3.8) is 0 Å². The van der Waals surface area contributed by atoms with E-state index in [1.54, 1.807) is 0 Å². The average Bonchev–Trinajstić information content (AvgIpc) is 2.87. The summed E-state index contributed by atoms with van der Waals surface area (Å²) in [5.74, 6) is 0. The second kappa shape index (κ2) is 5.54. The third kappa shape index (κ3) is 2.69. The van der Waals surface area contributed by atoms with E-state index in [4.69, 9.17) is 0 Å². The number of benzene rings is 1. The van der Waals surface area contributed by atoms with Crippen LogP contribution in [0.1, 0.15) is 35.6 Å². The van der Waals surface area contributed by atoms with E-state index in [1.807, 2.05) is 6.20 Å². The first-order valence-electron chi connectivity index (χ1n) is 7.01. The van der Waals surface area contributed by atoms with Crippen LogP contribution in [0.25, 0.3) is 0 Å². The van der Waals surface area contributed by atoms with Gasteiger partial charge in [0.05, 0.1) is 0 Å². The molecule has 1 aliphatic rings. The largest absolute Gasteiger partial charge is 0.299 e. The molecule has 2 heteroatoms. The monoisotopic (exact) mass is 252 g/mol. The molecule has 0 amide bonds. The predicted octanol–water partition coefficient (Wildman–Crippen LogP) is 3.44. The van der Waals surface area contributed by atoms with E-state index in [1.165, 1.54) is 36.1 Å². The van der Waals surface area contributed by atoms with E-state index in [2.05, 4.69) is 59.5 Å². The molecule has 1 aromatic heterocycles. The highest BCUT2D eigenvalue weighted by Crippen LogP contribution is 2.32. The molecule has 0 bridgehead atoms. The number of pyridine rings is 1. The van der Waals surface area contributed by atoms with Crippen LogP contribution in [0, 0.1) is 0 Å². The fourth-order valence-corrected chi connectivity index (χ4v) is 3.02. The van der Waals surface area contributed by atoms with Crippen molar-refractivity contribution in [2.24, 2.45) is 0 Å². The highest BCUT2D eigenvalue weighted by atomic mass is 15.1. The molecule has 2 aromatic rings. The van der Waals surface area contributed by atoms with Crippen LogP contribution in [0.5, 0.6) is 0 Å². The van der Waals surface area contributed by atoms with Crippen molar-refractivity contribution in [1.82, 2.24) is 9.88 Å².